The summed E-state index contributed by atoms with van der Waals surface area (Å²) < 4.78 is 17.5. The van der Waals surface area contributed by atoms with Gasteiger partial charge in [-0.1, -0.05) is 17.7 Å². The van der Waals surface area contributed by atoms with E-state index in [4.69, 9.17) is 25.5 Å². The molecule has 0 atom stereocenters. The number of nitrogens with one attached hydrogen (secondary N) is 1. The number of hydrogen-bond donors (Lipinski definition) is 1. The molecule has 8 nitrogen and oxygen atoms in total. The van der Waals surface area contributed by atoms with Crippen LogP contribution in [0.15, 0.2) is 47.1 Å². The summed E-state index contributed by atoms with van der Waals surface area (Å²) in [4.78, 5) is 8.58. The van der Waals surface area contributed by atoms with Crippen LogP contribution in [0.3, 0.4) is 0 Å². The maximum atomic E-state index is 6.13. The first-order valence-corrected chi connectivity index (χ1v) is 8.47. The average Bonchev–Trinajstić information content (AvgIpc) is 3.35. The van der Waals surface area contributed by atoms with Crippen LogP contribution in [0, 0.1) is 0 Å². The first-order chi connectivity index (χ1) is 13.2. The van der Waals surface area contributed by atoms with E-state index in [9.17, 15) is 0 Å². The SMILES string of the molecule is COc1ccc(CNc2cc(Cl)nc3nc(-c4ccco4)nn23)cc1OC. The summed E-state index contributed by atoms with van der Waals surface area (Å²) >= 11 is 6.13. The molecule has 138 valence electrons. The molecular weight excluding hydrogens is 370 g/mol. The van der Waals surface area contributed by atoms with Crippen molar-refractivity contribution in [2.45, 2.75) is 6.54 Å². The van der Waals surface area contributed by atoms with E-state index in [2.05, 4.69) is 20.4 Å². The van der Waals surface area contributed by atoms with Crippen molar-refractivity contribution >= 4 is 23.2 Å². The molecule has 27 heavy (non-hydrogen) atoms. The maximum Gasteiger partial charge on any atom is 0.256 e. The van der Waals surface area contributed by atoms with Crippen molar-refractivity contribution in [2.24, 2.45) is 0 Å². The van der Waals surface area contributed by atoms with Gasteiger partial charge >= 0.3 is 0 Å². The topological polar surface area (TPSA) is 86.7 Å². The molecule has 3 aromatic heterocycles. The van der Waals surface area contributed by atoms with Crippen LogP contribution in [-0.4, -0.2) is 33.8 Å². The normalized spacial score (nSPS) is 10.9. The Labute approximate surface area is 159 Å². The lowest BCUT2D eigenvalue weighted by Crippen LogP contribution is -2.06. The number of hydrogen-bond acceptors (Lipinski definition) is 7. The zero-order valence-electron chi connectivity index (χ0n) is 14.6. The molecule has 0 aliphatic rings. The molecule has 0 unspecified atom stereocenters. The highest BCUT2D eigenvalue weighted by Crippen LogP contribution is 2.28. The van der Waals surface area contributed by atoms with E-state index >= 15 is 0 Å². The second-order valence-corrected chi connectivity index (χ2v) is 6.02. The maximum absolute atomic E-state index is 6.13. The van der Waals surface area contributed by atoms with Crippen molar-refractivity contribution in [3.8, 4) is 23.1 Å². The van der Waals surface area contributed by atoms with E-state index in [1.807, 2.05) is 18.2 Å². The van der Waals surface area contributed by atoms with Crippen molar-refractivity contribution in [3.05, 3.63) is 53.4 Å². The smallest absolute Gasteiger partial charge is 0.256 e. The molecule has 3 heterocycles. The minimum Gasteiger partial charge on any atom is -0.493 e. The second-order valence-electron chi connectivity index (χ2n) is 5.63. The molecule has 0 amide bonds. The predicted octanol–water partition coefficient (Wildman–Crippen LogP) is 3.67. The van der Waals surface area contributed by atoms with Gasteiger partial charge in [-0.05, 0) is 29.8 Å². The number of methoxy groups -OCH3 is 2. The van der Waals surface area contributed by atoms with Gasteiger partial charge in [0.1, 0.15) is 11.0 Å². The summed E-state index contributed by atoms with van der Waals surface area (Å²) in [7, 11) is 3.21. The third-order valence-corrected chi connectivity index (χ3v) is 4.14. The highest BCUT2D eigenvalue weighted by atomic mass is 35.5. The van der Waals surface area contributed by atoms with Gasteiger partial charge in [0, 0.05) is 12.6 Å². The van der Waals surface area contributed by atoms with E-state index in [1.54, 1.807) is 43.2 Å². The van der Waals surface area contributed by atoms with E-state index in [0.29, 0.717) is 46.4 Å². The molecule has 0 fully saturated rings. The van der Waals surface area contributed by atoms with E-state index in [1.165, 1.54) is 0 Å². The highest BCUT2D eigenvalue weighted by molar-refractivity contribution is 6.29. The molecule has 4 aromatic rings. The van der Waals surface area contributed by atoms with Crippen LogP contribution in [0.2, 0.25) is 5.15 Å². The molecule has 1 N–H and O–H groups in total. The fourth-order valence-corrected chi connectivity index (χ4v) is 2.84. The Morgan fingerprint density at radius 1 is 1.11 bits per heavy atom. The number of fused-ring (bicyclic) bond motifs is 1. The summed E-state index contributed by atoms with van der Waals surface area (Å²) in [6.07, 6.45) is 1.57. The standard InChI is InChI=1S/C18H16ClN5O3/c1-25-12-6-5-11(8-14(12)26-2)10-20-16-9-15(19)21-18-22-17(23-24(16)18)13-4-3-7-27-13/h3-9,20H,10H2,1-2H3. The summed E-state index contributed by atoms with van der Waals surface area (Å²) in [5, 5.41) is 8.07. The van der Waals surface area contributed by atoms with E-state index in [0.717, 1.165) is 5.56 Å². The number of aromatic nitrogens is 4. The van der Waals surface area contributed by atoms with Crippen molar-refractivity contribution < 1.29 is 13.9 Å². The van der Waals surface area contributed by atoms with Crippen LogP contribution >= 0.6 is 11.6 Å². The summed E-state index contributed by atoms with van der Waals surface area (Å²) in [6.45, 7) is 0.520. The lowest BCUT2D eigenvalue weighted by molar-refractivity contribution is 0.354. The predicted molar refractivity (Wildman–Crippen MR) is 100 cm³/mol. The van der Waals surface area contributed by atoms with Crippen molar-refractivity contribution in [2.75, 3.05) is 19.5 Å². The summed E-state index contributed by atoms with van der Waals surface area (Å²) in [6, 6.07) is 11.0. The number of ether oxygens (including phenoxy) is 2. The molecule has 9 heteroatoms. The Balaban J connectivity index is 1.64. The quantitative estimate of drug-likeness (QED) is 0.507. The largest absolute Gasteiger partial charge is 0.493 e. The Bertz CT molecular complexity index is 1080. The van der Waals surface area contributed by atoms with Gasteiger partial charge in [0.25, 0.3) is 5.78 Å². The fraction of sp³-hybridized carbons (Fsp3) is 0.167. The van der Waals surface area contributed by atoms with Gasteiger partial charge in [0.15, 0.2) is 17.3 Å². The summed E-state index contributed by atoms with van der Waals surface area (Å²) in [5.41, 5.74) is 1.00. The Hall–Kier alpha value is -3.26. The first-order valence-electron chi connectivity index (χ1n) is 8.10. The van der Waals surface area contributed by atoms with Crippen LogP contribution < -0.4 is 14.8 Å². The van der Waals surface area contributed by atoms with Crippen LogP contribution in [0.5, 0.6) is 11.5 Å². The minimum atomic E-state index is 0.315. The first kappa shape index (κ1) is 17.2. The van der Waals surface area contributed by atoms with Crippen LogP contribution in [0.4, 0.5) is 5.82 Å². The van der Waals surface area contributed by atoms with Crippen LogP contribution in [0.1, 0.15) is 5.56 Å². The number of furan rings is 1. The van der Waals surface area contributed by atoms with Gasteiger partial charge < -0.3 is 19.2 Å². The highest BCUT2D eigenvalue weighted by Gasteiger charge is 2.14. The minimum absolute atomic E-state index is 0.315. The van der Waals surface area contributed by atoms with Gasteiger partial charge in [0.05, 0.1) is 20.5 Å². The molecule has 0 saturated heterocycles. The zero-order valence-corrected chi connectivity index (χ0v) is 15.4. The zero-order chi connectivity index (χ0) is 18.8. The fourth-order valence-electron chi connectivity index (χ4n) is 2.66. The molecule has 0 spiro atoms. The average molecular weight is 386 g/mol. The summed E-state index contributed by atoms with van der Waals surface area (Å²) in [5.74, 6) is 3.37. The number of anilines is 1. The molecule has 1 aromatic carbocycles. The number of benzene rings is 1. The second kappa shape index (κ2) is 7.16. The third kappa shape index (κ3) is 3.39. The number of nitrogens with zero attached hydrogens (tertiary/aromatic N) is 4. The molecule has 4 rings (SSSR count). The van der Waals surface area contributed by atoms with Crippen molar-refractivity contribution in [1.82, 2.24) is 19.6 Å². The Morgan fingerprint density at radius 3 is 2.70 bits per heavy atom. The van der Waals surface area contributed by atoms with Gasteiger partial charge in [-0.25, -0.2) is 0 Å². The number of rotatable bonds is 6. The lowest BCUT2D eigenvalue weighted by Gasteiger charge is -2.11. The van der Waals surface area contributed by atoms with Gasteiger partial charge in [0.2, 0.25) is 5.82 Å². The van der Waals surface area contributed by atoms with Crippen LogP contribution in [-0.2, 0) is 6.54 Å². The van der Waals surface area contributed by atoms with Gasteiger partial charge in [-0.3, -0.25) is 0 Å². The lowest BCUT2D eigenvalue weighted by atomic mass is 10.2. The van der Waals surface area contributed by atoms with Gasteiger partial charge in [-0.15, -0.1) is 5.10 Å². The molecule has 0 aliphatic heterocycles. The van der Waals surface area contributed by atoms with E-state index < -0.39 is 0 Å². The van der Waals surface area contributed by atoms with Crippen molar-refractivity contribution in [3.63, 3.8) is 0 Å². The van der Waals surface area contributed by atoms with Crippen molar-refractivity contribution in [1.29, 1.82) is 0 Å². The van der Waals surface area contributed by atoms with Gasteiger partial charge in [-0.2, -0.15) is 14.5 Å². The third-order valence-electron chi connectivity index (χ3n) is 3.94. The Kier molecular flexibility index (Phi) is 4.55. The number of halogens is 1. The molecule has 0 bridgehead atoms. The Morgan fingerprint density at radius 2 is 1.96 bits per heavy atom. The molecule has 0 aliphatic carbocycles. The van der Waals surface area contributed by atoms with E-state index in [-0.39, 0.29) is 0 Å². The monoisotopic (exact) mass is 385 g/mol. The molecular formula is C18H16ClN5O3. The van der Waals surface area contributed by atoms with Crippen LogP contribution in [0.25, 0.3) is 17.4 Å². The molecule has 0 saturated carbocycles. The molecule has 0 radical (unpaired) electrons.